The second-order valence-electron chi connectivity index (χ2n) is 5.25. The maximum atomic E-state index is 12.8. The smallest absolute Gasteiger partial charge is 0.327 e. The van der Waals surface area contributed by atoms with Crippen LogP contribution in [0.5, 0.6) is 0 Å². The van der Waals surface area contributed by atoms with Crippen LogP contribution in [0.3, 0.4) is 0 Å². The zero-order valence-electron chi connectivity index (χ0n) is 11.0. The normalized spacial score (nSPS) is 25.1. The van der Waals surface area contributed by atoms with Crippen LogP contribution in [0.25, 0.3) is 0 Å². The number of carbonyl (C=O) groups is 2. The molecule has 7 heteroatoms. The third kappa shape index (κ3) is 2.94. The standard InChI is InChI=1S/C14H13BrClNO3S/c15-10-4-3-8(16)5-9(10)12(18)17-11(14(19)20)6-21-13(17)7-1-2-7/h3-5,7,11,13H,1-2,6H2,(H,19,20). The molecule has 1 aromatic rings. The molecule has 2 aliphatic rings. The lowest BCUT2D eigenvalue weighted by Gasteiger charge is -2.27. The lowest BCUT2D eigenvalue weighted by molar-refractivity contribution is -0.141. The first-order valence-electron chi connectivity index (χ1n) is 6.61. The van der Waals surface area contributed by atoms with Gasteiger partial charge in [0.1, 0.15) is 6.04 Å². The van der Waals surface area contributed by atoms with Gasteiger partial charge < -0.3 is 10.0 Å². The first-order valence-corrected chi connectivity index (χ1v) is 8.83. The molecule has 1 aromatic carbocycles. The van der Waals surface area contributed by atoms with Crippen molar-refractivity contribution in [1.29, 1.82) is 0 Å². The molecule has 1 aliphatic carbocycles. The summed E-state index contributed by atoms with van der Waals surface area (Å²) in [6, 6.07) is 4.22. The highest BCUT2D eigenvalue weighted by atomic mass is 79.9. The molecule has 0 aromatic heterocycles. The van der Waals surface area contributed by atoms with Crippen molar-refractivity contribution in [2.75, 3.05) is 5.75 Å². The van der Waals surface area contributed by atoms with Gasteiger partial charge in [-0.3, -0.25) is 4.79 Å². The third-order valence-corrected chi connectivity index (χ3v) is 6.13. The first-order chi connectivity index (χ1) is 9.99. The molecule has 4 nitrogen and oxygen atoms in total. The molecule has 2 unspecified atom stereocenters. The van der Waals surface area contributed by atoms with E-state index >= 15 is 0 Å². The number of hydrogen-bond donors (Lipinski definition) is 1. The van der Waals surface area contributed by atoms with Gasteiger partial charge in [0.15, 0.2) is 0 Å². The molecule has 3 rings (SSSR count). The molecular weight excluding hydrogens is 378 g/mol. The Labute approximate surface area is 140 Å². The average Bonchev–Trinajstić information content (AvgIpc) is 3.19. The van der Waals surface area contributed by atoms with Crippen LogP contribution in [0.4, 0.5) is 0 Å². The number of carboxylic acids is 1. The number of thioether (sulfide) groups is 1. The number of rotatable bonds is 3. The zero-order valence-corrected chi connectivity index (χ0v) is 14.1. The fourth-order valence-electron chi connectivity index (χ4n) is 2.52. The van der Waals surface area contributed by atoms with Crippen LogP contribution in [0, 0.1) is 5.92 Å². The van der Waals surface area contributed by atoms with Gasteiger partial charge in [0, 0.05) is 15.2 Å². The second kappa shape index (κ2) is 5.82. The van der Waals surface area contributed by atoms with Crippen molar-refractivity contribution in [3.8, 4) is 0 Å². The SMILES string of the molecule is O=C(O)C1CSC(C2CC2)N1C(=O)c1cc(Cl)ccc1Br. The van der Waals surface area contributed by atoms with Crippen LogP contribution < -0.4 is 0 Å². The molecule has 2 fully saturated rings. The van der Waals surface area contributed by atoms with Crippen molar-refractivity contribution in [2.24, 2.45) is 5.92 Å². The number of halogens is 2. The monoisotopic (exact) mass is 389 g/mol. The molecule has 0 bridgehead atoms. The Balaban J connectivity index is 1.95. The van der Waals surface area contributed by atoms with Crippen LogP contribution >= 0.6 is 39.3 Å². The van der Waals surface area contributed by atoms with Gasteiger partial charge in [0.05, 0.1) is 10.9 Å². The number of amides is 1. The Morgan fingerprint density at radius 3 is 2.71 bits per heavy atom. The first kappa shape index (κ1) is 15.2. The summed E-state index contributed by atoms with van der Waals surface area (Å²) in [4.78, 5) is 25.8. The van der Waals surface area contributed by atoms with E-state index in [9.17, 15) is 14.7 Å². The van der Waals surface area contributed by atoms with Crippen LogP contribution in [0.2, 0.25) is 5.02 Å². The predicted molar refractivity (Wildman–Crippen MR) is 85.7 cm³/mol. The Kier molecular flexibility index (Phi) is 4.21. The van der Waals surface area contributed by atoms with Crippen molar-refractivity contribution in [2.45, 2.75) is 24.3 Å². The zero-order chi connectivity index (χ0) is 15.1. The lowest BCUT2D eigenvalue weighted by atomic mass is 10.1. The number of nitrogens with zero attached hydrogens (tertiary/aromatic N) is 1. The van der Waals surface area contributed by atoms with Gasteiger partial charge in [0.2, 0.25) is 0 Å². The van der Waals surface area contributed by atoms with E-state index < -0.39 is 12.0 Å². The lowest BCUT2D eigenvalue weighted by Crippen LogP contribution is -2.46. The Morgan fingerprint density at radius 2 is 2.10 bits per heavy atom. The minimum atomic E-state index is -0.947. The number of aliphatic carboxylic acids is 1. The molecule has 0 radical (unpaired) electrons. The Hall–Kier alpha value is -0.720. The Bertz CT molecular complexity index is 608. The number of hydrogen-bond acceptors (Lipinski definition) is 3. The summed E-state index contributed by atoms with van der Waals surface area (Å²) in [6.45, 7) is 0. The van der Waals surface area contributed by atoms with E-state index in [4.69, 9.17) is 11.6 Å². The van der Waals surface area contributed by atoms with Crippen LogP contribution in [0.15, 0.2) is 22.7 Å². The van der Waals surface area contributed by atoms with Crippen molar-refractivity contribution in [3.05, 3.63) is 33.3 Å². The minimum Gasteiger partial charge on any atom is -0.480 e. The van der Waals surface area contributed by atoms with E-state index in [1.807, 2.05) is 0 Å². The maximum absolute atomic E-state index is 12.8. The van der Waals surface area contributed by atoms with Crippen molar-refractivity contribution in [1.82, 2.24) is 4.90 Å². The topological polar surface area (TPSA) is 57.6 Å². The molecule has 112 valence electrons. The summed E-state index contributed by atoms with van der Waals surface area (Å²) in [6.07, 6.45) is 2.12. The second-order valence-corrected chi connectivity index (χ2v) is 7.69. The number of carboxylic acid groups (broad SMARTS) is 1. The Morgan fingerprint density at radius 1 is 1.38 bits per heavy atom. The van der Waals surface area contributed by atoms with Crippen molar-refractivity contribution >= 4 is 51.2 Å². The molecule has 1 N–H and O–H groups in total. The van der Waals surface area contributed by atoms with Gasteiger partial charge in [-0.2, -0.15) is 0 Å². The van der Waals surface area contributed by atoms with E-state index in [0.29, 0.717) is 26.7 Å². The maximum Gasteiger partial charge on any atom is 0.327 e. The van der Waals surface area contributed by atoms with Crippen LogP contribution in [0.1, 0.15) is 23.2 Å². The molecular formula is C14H13BrClNO3S. The van der Waals surface area contributed by atoms with Gasteiger partial charge in [-0.25, -0.2) is 4.79 Å². The molecule has 1 saturated heterocycles. The highest BCUT2D eigenvalue weighted by Crippen LogP contribution is 2.46. The van der Waals surface area contributed by atoms with Gasteiger partial charge >= 0.3 is 5.97 Å². The molecule has 1 heterocycles. The largest absolute Gasteiger partial charge is 0.480 e. The van der Waals surface area contributed by atoms with Gasteiger partial charge in [-0.1, -0.05) is 11.6 Å². The molecule has 1 saturated carbocycles. The average molecular weight is 391 g/mol. The molecule has 1 amide bonds. The fraction of sp³-hybridized carbons (Fsp3) is 0.429. The summed E-state index contributed by atoms with van der Waals surface area (Å²) in [5.74, 6) is -0.349. The van der Waals surface area contributed by atoms with Crippen LogP contribution in [-0.2, 0) is 4.79 Å². The van der Waals surface area contributed by atoms with E-state index in [1.54, 1.807) is 30.0 Å². The van der Waals surface area contributed by atoms with Gasteiger partial charge in [-0.05, 0) is 52.9 Å². The summed E-state index contributed by atoms with van der Waals surface area (Å²) >= 11 is 10.9. The molecule has 1 aliphatic heterocycles. The fourth-order valence-corrected chi connectivity index (χ4v) is 4.74. The predicted octanol–water partition coefficient (Wildman–Crippen LogP) is 3.48. The van der Waals surface area contributed by atoms with Crippen molar-refractivity contribution in [3.63, 3.8) is 0 Å². The summed E-state index contributed by atoms with van der Waals surface area (Å²) < 4.78 is 0.632. The molecule has 2 atom stereocenters. The quantitative estimate of drug-likeness (QED) is 0.858. The van der Waals surface area contributed by atoms with E-state index in [-0.39, 0.29) is 11.3 Å². The van der Waals surface area contributed by atoms with E-state index in [2.05, 4.69) is 15.9 Å². The number of carbonyl (C=O) groups excluding carboxylic acids is 1. The molecule has 0 spiro atoms. The van der Waals surface area contributed by atoms with E-state index in [0.717, 1.165) is 12.8 Å². The minimum absolute atomic E-state index is 0.0375. The highest BCUT2D eigenvalue weighted by molar-refractivity contribution is 9.10. The number of benzene rings is 1. The van der Waals surface area contributed by atoms with Gasteiger partial charge in [0.25, 0.3) is 5.91 Å². The summed E-state index contributed by atoms with van der Waals surface area (Å²) in [7, 11) is 0. The van der Waals surface area contributed by atoms with Crippen LogP contribution in [-0.4, -0.2) is 39.1 Å². The molecule has 21 heavy (non-hydrogen) atoms. The van der Waals surface area contributed by atoms with Gasteiger partial charge in [-0.15, -0.1) is 11.8 Å². The highest BCUT2D eigenvalue weighted by Gasteiger charge is 2.48. The third-order valence-electron chi connectivity index (χ3n) is 3.74. The van der Waals surface area contributed by atoms with E-state index in [1.165, 1.54) is 4.90 Å². The summed E-state index contributed by atoms with van der Waals surface area (Å²) in [5, 5.41) is 9.80. The summed E-state index contributed by atoms with van der Waals surface area (Å²) in [5.41, 5.74) is 0.418. The van der Waals surface area contributed by atoms with Crippen molar-refractivity contribution < 1.29 is 14.7 Å².